The zero-order chi connectivity index (χ0) is 13.0. The zero-order valence-corrected chi connectivity index (χ0v) is 10.6. The van der Waals surface area contributed by atoms with Gasteiger partial charge >= 0.3 is 0 Å². The van der Waals surface area contributed by atoms with E-state index in [9.17, 15) is 8.78 Å². The molecular formula is C14H19F2NO. The second-order valence-corrected chi connectivity index (χ2v) is 4.86. The van der Waals surface area contributed by atoms with E-state index >= 15 is 0 Å². The average Bonchev–Trinajstić information content (AvgIpc) is 2.35. The summed E-state index contributed by atoms with van der Waals surface area (Å²) in [5.74, 6) is -0.925. The molecule has 1 N–H and O–H groups in total. The van der Waals surface area contributed by atoms with Crippen molar-refractivity contribution in [3.8, 4) is 0 Å². The summed E-state index contributed by atoms with van der Waals surface area (Å²) in [7, 11) is 0. The molecule has 1 atom stereocenters. The lowest BCUT2D eigenvalue weighted by Crippen LogP contribution is -2.41. The molecule has 0 bridgehead atoms. The number of hydrogen-bond donors (Lipinski definition) is 1. The highest BCUT2D eigenvalue weighted by atomic mass is 19.1. The summed E-state index contributed by atoms with van der Waals surface area (Å²) >= 11 is 0. The molecule has 0 radical (unpaired) electrons. The van der Waals surface area contributed by atoms with Crippen molar-refractivity contribution in [2.45, 2.75) is 38.3 Å². The van der Waals surface area contributed by atoms with Gasteiger partial charge < -0.3 is 10.1 Å². The highest BCUT2D eigenvalue weighted by Crippen LogP contribution is 2.15. The third-order valence-corrected chi connectivity index (χ3v) is 3.31. The first kappa shape index (κ1) is 13.4. The van der Waals surface area contributed by atoms with Crippen LogP contribution in [-0.4, -0.2) is 25.3 Å². The Hall–Kier alpha value is -1.00. The van der Waals surface area contributed by atoms with Crippen molar-refractivity contribution in [1.82, 2.24) is 5.32 Å². The van der Waals surface area contributed by atoms with Gasteiger partial charge in [-0.3, -0.25) is 0 Å². The maximum absolute atomic E-state index is 13.5. The third kappa shape index (κ3) is 3.50. The van der Waals surface area contributed by atoms with E-state index < -0.39 is 11.6 Å². The van der Waals surface area contributed by atoms with E-state index in [0.29, 0.717) is 12.5 Å². The molecule has 0 saturated carbocycles. The van der Waals surface area contributed by atoms with E-state index in [1.54, 1.807) is 0 Å². The molecule has 1 fully saturated rings. The van der Waals surface area contributed by atoms with E-state index in [1.165, 1.54) is 18.2 Å². The smallest absolute Gasteiger partial charge is 0.129 e. The van der Waals surface area contributed by atoms with Gasteiger partial charge in [0.05, 0.1) is 0 Å². The number of benzene rings is 1. The molecular weight excluding hydrogens is 236 g/mol. The number of nitrogens with one attached hydrogen (secondary N) is 1. The van der Waals surface area contributed by atoms with Gasteiger partial charge in [-0.05, 0) is 38.3 Å². The Bertz CT molecular complexity index is 371. The predicted molar refractivity (Wildman–Crippen MR) is 66.5 cm³/mol. The highest BCUT2D eigenvalue weighted by Gasteiger charge is 2.18. The Morgan fingerprint density at radius 1 is 1.28 bits per heavy atom. The molecule has 2 nitrogen and oxygen atoms in total. The molecule has 0 aromatic heterocycles. The molecule has 1 aliphatic heterocycles. The van der Waals surface area contributed by atoms with Crippen molar-refractivity contribution in [1.29, 1.82) is 0 Å². The molecule has 18 heavy (non-hydrogen) atoms. The van der Waals surface area contributed by atoms with Crippen LogP contribution in [-0.2, 0) is 11.2 Å². The van der Waals surface area contributed by atoms with Crippen molar-refractivity contribution in [2.75, 3.05) is 13.2 Å². The quantitative estimate of drug-likeness (QED) is 0.893. The SMILES string of the molecule is CC(Cc1c(F)cccc1F)NC1CCOCC1. The first-order valence-electron chi connectivity index (χ1n) is 6.43. The van der Waals surface area contributed by atoms with Crippen LogP contribution in [0.15, 0.2) is 18.2 Å². The molecule has 1 aromatic carbocycles. The normalized spacial score (nSPS) is 18.8. The first-order valence-corrected chi connectivity index (χ1v) is 6.43. The second kappa shape index (κ2) is 6.25. The van der Waals surface area contributed by atoms with Crippen LogP contribution >= 0.6 is 0 Å². The van der Waals surface area contributed by atoms with Gasteiger partial charge in [0.15, 0.2) is 0 Å². The summed E-state index contributed by atoms with van der Waals surface area (Å²) in [5, 5.41) is 3.41. The van der Waals surface area contributed by atoms with E-state index in [-0.39, 0.29) is 11.6 Å². The zero-order valence-electron chi connectivity index (χ0n) is 10.6. The Labute approximate surface area is 106 Å². The number of halogens is 2. The van der Waals surface area contributed by atoms with Crippen molar-refractivity contribution >= 4 is 0 Å². The standard InChI is InChI=1S/C14H19F2NO/c1-10(17-11-5-7-18-8-6-11)9-12-13(15)3-2-4-14(12)16/h2-4,10-11,17H,5-9H2,1H3. The Balaban J connectivity index is 1.92. The van der Waals surface area contributed by atoms with Crippen LogP contribution in [0.25, 0.3) is 0 Å². The van der Waals surface area contributed by atoms with Crippen LogP contribution in [0.4, 0.5) is 8.78 Å². The van der Waals surface area contributed by atoms with Gasteiger partial charge in [-0.25, -0.2) is 8.78 Å². The van der Waals surface area contributed by atoms with Crippen LogP contribution in [0.1, 0.15) is 25.3 Å². The topological polar surface area (TPSA) is 21.3 Å². The molecule has 0 amide bonds. The molecule has 1 aromatic rings. The minimum absolute atomic E-state index is 0.0551. The third-order valence-electron chi connectivity index (χ3n) is 3.31. The minimum Gasteiger partial charge on any atom is -0.381 e. The van der Waals surface area contributed by atoms with E-state index in [4.69, 9.17) is 4.74 Å². The molecule has 1 aliphatic rings. The summed E-state index contributed by atoms with van der Waals surface area (Å²) < 4.78 is 32.3. The van der Waals surface area contributed by atoms with Crippen LogP contribution < -0.4 is 5.32 Å². The van der Waals surface area contributed by atoms with Gasteiger partial charge in [0.25, 0.3) is 0 Å². The van der Waals surface area contributed by atoms with Gasteiger partial charge in [0.1, 0.15) is 11.6 Å². The van der Waals surface area contributed by atoms with Crippen molar-refractivity contribution in [2.24, 2.45) is 0 Å². The molecule has 4 heteroatoms. The number of rotatable bonds is 4. The minimum atomic E-state index is -0.462. The van der Waals surface area contributed by atoms with Crippen LogP contribution in [0, 0.1) is 11.6 Å². The maximum Gasteiger partial charge on any atom is 0.129 e. The Morgan fingerprint density at radius 3 is 2.50 bits per heavy atom. The molecule has 0 spiro atoms. The summed E-state index contributed by atoms with van der Waals surface area (Å²) in [4.78, 5) is 0. The fourth-order valence-electron chi connectivity index (χ4n) is 2.36. The maximum atomic E-state index is 13.5. The molecule has 0 aliphatic carbocycles. The summed E-state index contributed by atoms with van der Waals surface area (Å²) in [5.41, 5.74) is 0.171. The summed E-state index contributed by atoms with van der Waals surface area (Å²) in [6, 6.07) is 4.45. The van der Waals surface area contributed by atoms with Gasteiger partial charge in [-0.15, -0.1) is 0 Å². The van der Waals surface area contributed by atoms with Crippen LogP contribution in [0.3, 0.4) is 0 Å². The highest BCUT2D eigenvalue weighted by molar-refractivity contribution is 5.20. The average molecular weight is 255 g/mol. The predicted octanol–water partition coefficient (Wildman–Crippen LogP) is 2.66. The fraction of sp³-hybridized carbons (Fsp3) is 0.571. The lowest BCUT2D eigenvalue weighted by molar-refractivity contribution is 0.0754. The van der Waals surface area contributed by atoms with Gasteiger partial charge in [0.2, 0.25) is 0 Å². The largest absolute Gasteiger partial charge is 0.381 e. The fourth-order valence-corrected chi connectivity index (χ4v) is 2.36. The molecule has 2 rings (SSSR count). The van der Waals surface area contributed by atoms with Gasteiger partial charge in [0, 0.05) is 30.9 Å². The van der Waals surface area contributed by atoms with Crippen molar-refractivity contribution in [3.05, 3.63) is 35.4 Å². The first-order chi connectivity index (χ1) is 8.66. The number of ether oxygens (including phenoxy) is 1. The molecule has 1 heterocycles. The van der Waals surface area contributed by atoms with Gasteiger partial charge in [-0.1, -0.05) is 6.07 Å². The molecule has 100 valence electrons. The van der Waals surface area contributed by atoms with Gasteiger partial charge in [-0.2, -0.15) is 0 Å². The summed E-state index contributed by atoms with van der Waals surface area (Å²) in [6.45, 7) is 3.48. The van der Waals surface area contributed by atoms with Crippen LogP contribution in [0.2, 0.25) is 0 Å². The van der Waals surface area contributed by atoms with E-state index in [1.807, 2.05) is 6.92 Å². The molecule has 1 saturated heterocycles. The monoisotopic (exact) mass is 255 g/mol. The number of hydrogen-bond acceptors (Lipinski definition) is 2. The Morgan fingerprint density at radius 2 is 1.89 bits per heavy atom. The second-order valence-electron chi connectivity index (χ2n) is 4.86. The van der Waals surface area contributed by atoms with E-state index in [0.717, 1.165) is 26.1 Å². The lowest BCUT2D eigenvalue weighted by Gasteiger charge is -2.27. The van der Waals surface area contributed by atoms with Crippen LogP contribution in [0.5, 0.6) is 0 Å². The molecule has 1 unspecified atom stereocenters. The lowest BCUT2D eigenvalue weighted by atomic mass is 10.0. The van der Waals surface area contributed by atoms with E-state index in [2.05, 4.69) is 5.32 Å². The Kier molecular flexibility index (Phi) is 4.66. The van der Waals surface area contributed by atoms with Crippen molar-refractivity contribution in [3.63, 3.8) is 0 Å². The van der Waals surface area contributed by atoms with Crippen molar-refractivity contribution < 1.29 is 13.5 Å². The summed E-state index contributed by atoms with van der Waals surface area (Å²) in [6.07, 6.45) is 2.30.